The van der Waals surface area contributed by atoms with Crippen molar-refractivity contribution in [1.29, 1.82) is 0 Å². The van der Waals surface area contributed by atoms with Crippen LogP contribution in [0, 0.1) is 0 Å². The maximum atomic E-state index is 11.4. The Kier molecular flexibility index (Phi) is 8.03. The van der Waals surface area contributed by atoms with Gasteiger partial charge in [0.1, 0.15) is 5.75 Å². The monoisotopic (exact) mass is 323 g/mol. The Hall–Kier alpha value is -0.640. The minimum absolute atomic E-state index is 0.0101. The van der Waals surface area contributed by atoms with Crippen LogP contribution in [0.15, 0.2) is 18.2 Å². The van der Waals surface area contributed by atoms with Crippen molar-refractivity contribution in [3.63, 3.8) is 0 Å². The Balaban J connectivity index is 2.18. The van der Waals surface area contributed by atoms with Gasteiger partial charge in [-0.2, -0.15) is 0 Å². The van der Waals surface area contributed by atoms with Crippen molar-refractivity contribution in [3.05, 3.63) is 28.2 Å². The third-order valence-corrected chi connectivity index (χ3v) is 3.13. The van der Waals surface area contributed by atoms with Crippen molar-refractivity contribution in [2.75, 3.05) is 19.0 Å². The summed E-state index contributed by atoms with van der Waals surface area (Å²) < 4.78 is 5.48. The first-order valence-corrected chi connectivity index (χ1v) is 7.33. The van der Waals surface area contributed by atoms with E-state index < -0.39 is 0 Å². The van der Waals surface area contributed by atoms with Crippen LogP contribution in [0.25, 0.3) is 0 Å². The SMILES string of the molecule is O=C(CCCOc1ccc(Cl)cc1Cl)NCCCCl. The predicted octanol–water partition coefficient (Wildman–Crippen LogP) is 3.90. The number of nitrogens with one attached hydrogen (secondary N) is 1. The van der Waals surface area contributed by atoms with Crippen LogP contribution in [-0.4, -0.2) is 24.9 Å². The number of hydrogen-bond donors (Lipinski definition) is 1. The molecule has 0 aliphatic rings. The van der Waals surface area contributed by atoms with Gasteiger partial charge in [-0.1, -0.05) is 23.2 Å². The van der Waals surface area contributed by atoms with E-state index in [-0.39, 0.29) is 5.91 Å². The molecule has 1 rings (SSSR count). The van der Waals surface area contributed by atoms with E-state index in [1.165, 1.54) is 0 Å². The lowest BCUT2D eigenvalue weighted by molar-refractivity contribution is -0.121. The van der Waals surface area contributed by atoms with Crippen LogP contribution in [0.1, 0.15) is 19.3 Å². The van der Waals surface area contributed by atoms with E-state index in [1.54, 1.807) is 18.2 Å². The standard InChI is InChI=1S/C13H16Cl3NO2/c14-6-2-7-17-13(18)3-1-8-19-12-5-4-10(15)9-11(12)16/h4-5,9H,1-3,6-8H2,(H,17,18). The van der Waals surface area contributed by atoms with Crippen molar-refractivity contribution >= 4 is 40.7 Å². The molecule has 19 heavy (non-hydrogen) atoms. The van der Waals surface area contributed by atoms with Gasteiger partial charge in [-0.15, -0.1) is 11.6 Å². The Morgan fingerprint density at radius 2 is 2.05 bits per heavy atom. The zero-order valence-corrected chi connectivity index (χ0v) is 12.7. The summed E-state index contributed by atoms with van der Waals surface area (Å²) in [4.78, 5) is 11.4. The Bertz CT molecular complexity index is 413. The van der Waals surface area contributed by atoms with Gasteiger partial charge in [-0.05, 0) is 31.0 Å². The molecule has 0 atom stereocenters. The van der Waals surface area contributed by atoms with Crippen molar-refractivity contribution in [2.24, 2.45) is 0 Å². The first-order valence-electron chi connectivity index (χ1n) is 6.04. The van der Waals surface area contributed by atoms with Gasteiger partial charge in [0.25, 0.3) is 0 Å². The highest BCUT2D eigenvalue weighted by Crippen LogP contribution is 2.27. The first kappa shape index (κ1) is 16.4. The molecule has 0 fully saturated rings. The summed E-state index contributed by atoms with van der Waals surface area (Å²) in [5.41, 5.74) is 0. The molecule has 3 nitrogen and oxygen atoms in total. The lowest BCUT2D eigenvalue weighted by atomic mass is 10.3. The van der Waals surface area contributed by atoms with E-state index in [4.69, 9.17) is 39.5 Å². The number of alkyl halides is 1. The van der Waals surface area contributed by atoms with Crippen molar-refractivity contribution in [1.82, 2.24) is 5.32 Å². The molecular formula is C13H16Cl3NO2. The number of hydrogen-bond acceptors (Lipinski definition) is 2. The third kappa shape index (κ3) is 6.90. The second-order valence-electron chi connectivity index (χ2n) is 3.92. The lowest BCUT2D eigenvalue weighted by Crippen LogP contribution is -2.24. The highest BCUT2D eigenvalue weighted by Gasteiger charge is 2.04. The number of halogens is 3. The molecule has 106 valence electrons. The van der Waals surface area contributed by atoms with Gasteiger partial charge >= 0.3 is 0 Å². The lowest BCUT2D eigenvalue weighted by Gasteiger charge is -2.08. The maximum absolute atomic E-state index is 11.4. The van der Waals surface area contributed by atoms with E-state index in [0.29, 0.717) is 47.7 Å². The Morgan fingerprint density at radius 1 is 1.26 bits per heavy atom. The summed E-state index contributed by atoms with van der Waals surface area (Å²) in [6, 6.07) is 5.05. The molecule has 0 aliphatic carbocycles. The average Bonchev–Trinajstić information content (AvgIpc) is 2.37. The highest BCUT2D eigenvalue weighted by atomic mass is 35.5. The fraction of sp³-hybridized carbons (Fsp3) is 0.462. The second kappa shape index (κ2) is 9.29. The number of benzene rings is 1. The number of carbonyl (C=O) groups is 1. The molecule has 0 aromatic heterocycles. The van der Waals surface area contributed by atoms with E-state index in [9.17, 15) is 4.79 Å². The number of rotatable bonds is 8. The summed E-state index contributed by atoms with van der Waals surface area (Å²) in [7, 11) is 0. The predicted molar refractivity (Wildman–Crippen MR) is 79.5 cm³/mol. The van der Waals surface area contributed by atoms with E-state index in [2.05, 4.69) is 5.32 Å². The normalized spacial score (nSPS) is 10.3. The molecular weight excluding hydrogens is 309 g/mol. The van der Waals surface area contributed by atoms with Gasteiger partial charge in [-0.25, -0.2) is 0 Å². The van der Waals surface area contributed by atoms with Gasteiger partial charge in [0.15, 0.2) is 0 Å². The molecule has 1 aromatic rings. The molecule has 0 saturated heterocycles. The van der Waals surface area contributed by atoms with Gasteiger partial charge in [0, 0.05) is 23.9 Å². The maximum Gasteiger partial charge on any atom is 0.220 e. The molecule has 0 unspecified atom stereocenters. The van der Waals surface area contributed by atoms with Crippen LogP contribution in [0.4, 0.5) is 0 Å². The van der Waals surface area contributed by atoms with Gasteiger partial charge < -0.3 is 10.1 Å². The van der Waals surface area contributed by atoms with Crippen molar-refractivity contribution in [2.45, 2.75) is 19.3 Å². The summed E-state index contributed by atoms with van der Waals surface area (Å²) in [5.74, 6) is 1.14. The fourth-order valence-electron chi connectivity index (χ4n) is 1.39. The largest absolute Gasteiger partial charge is 0.492 e. The average molecular weight is 325 g/mol. The smallest absolute Gasteiger partial charge is 0.220 e. The van der Waals surface area contributed by atoms with Gasteiger partial charge in [0.05, 0.1) is 11.6 Å². The molecule has 0 bridgehead atoms. The third-order valence-electron chi connectivity index (χ3n) is 2.33. The number of carbonyl (C=O) groups excluding carboxylic acids is 1. The minimum atomic E-state index is 0.0101. The zero-order valence-electron chi connectivity index (χ0n) is 10.4. The minimum Gasteiger partial charge on any atom is -0.492 e. The van der Waals surface area contributed by atoms with E-state index >= 15 is 0 Å². The van der Waals surface area contributed by atoms with Crippen LogP contribution in [0.5, 0.6) is 5.75 Å². The van der Waals surface area contributed by atoms with Crippen LogP contribution in [-0.2, 0) is 4.79 Å². The molecule has 1 N–H and O–H groups in total. The van der Waals surface area contributed by atoms with Gasteiger partial charge in [0.2, 0.25) is 5.91 Å². The van der Waals surface area contributed by atoms with Crippen LogP contribution in [0.2, 0.25) is 10.0 Å². The summed E-state index contributed by atoms with van der Waals surface area (Å²) in [6.45, 7) is 1.05. The molecule has 1 amide bonds. The zero-order chi connectivity index (χ0) is 14.1. The molecule has 0 radical (unpaired) electrons. The molecule has 0 saturated carbocycles. The molecule has 6 heteroatoms. The summed E-state index contributed by atoms with van der Waals surface area (Å²) in [5, 5.41) is 3.82. The summed E-state index contributed by atoms with van der Waals surface area (Å²) in [6.07, 6.45) is 1.84. The van der Waals surface area contributed by atoms with Crippen LogP contribution in [0.3, 0.4) is 0 Å². The highest BCUT2D eigenvalue weighted by molar-refractivity contribution is 6.35. The molecule has 0 spiro atoms. The number of amides is 1. The van der Waals surface area contributed by atoms with Crippen molar-refractivity contribution in [3.8, 4) is 5.75 Å². The van der Waals surface area contributed by atoms with E-state index in [1.807, 2.05) is 0 Å². The van der Waals surface area contributed by atoms with E-state index in [0.717, 1.165) is 6.42 Å². The molecule has 0 aliphatic heterocycles. The fourth-order valence-corrected chi connectivity index (χ4v) is 1.99. The van der Waals surface area contributed by atoms with Gasteiger partial charge in [-0.3, -0.25) is 4.79 Å². The Morgan fingerprint density at radius 3 is 2.74 bits per heavy atom. The topological polar surface area (TPSA) is 38.3 Å². The first-order chi connectivity index (χ1) is 9.13. The Labute approximate surface area is 128 Å². The number of ether oxygens (including phenoxy) is 1. The second-order valence-corrected chi connectivity index (χ2v) is 5.14. The van der Waals surface area contributed by atoms with Crippen LogP contribution >= 0.6 is 34.8 Å². The summed E-state index contributed by atoms with van der Waals surface area (Å²) >= 11 is 17.2. The van der Waals surface area contributed by atoms with Crippen molar-refractivity contribution < 1.29 is 9.53 Å². The van der Waals surface area contributed by atoms with Crippen LogP contribution < -0.4 is 10.1 Å². The molecule has 0 heterocycles. The quantitative estimate of drug-likeness (QED) is 0.582. The molecule has 1 aromatic carbocycles.